The summed E-state index contributed by atoms with van der Waals surface area (Å²) in [7, 11) is 1.58. The molecule has 1 heterocycles. The molecule has 322 valence electrons. The lowest BCUT2D eigenvalue weighted by Crippen LogP contribution is -2.62. The second-order valence-electron chi connectivity index (χ2n) is 12.0. The van der Waals surface area contributed by atoms with Crippen molar-refractivity contribution in [2.45, 2.75) is 62.8 Å². The number of rotatable bonds is 21. The minimum absolute atomic E-state index is 0.0708. The van der Waals surface area contributed by atoms with E-state index in [0.717, 1.165) is 17.4 Å². The van der Waals surface area contributed by atoms with Gasteiger partial charge in [-0.2, -0.15) is 0 Å². The van der Waals surface area contributed by atoms with Gasteiger partial charge in [0.15, 0.2) is 30.4 Å². The maximum absolute atomic E-state index is 12.3. The van der Waals surface area contributed by atoms with E-state index in [1.807, 2.05) is 0 Å². The van der Waals surface area contributed by atoms with Crippen molar-refractivity contribution in [1.82, 2.24) is 0 Å². The van der Waals surface area contributed by atoms with Gasteiger partial charge in [-0.3, -0.25) is 64.4 Å². The molecular formula is C33H38N4O22. The molecule has 0 radical (unpaired) electrons. The molecule has 1 aliphatic heterocycles. The van der Waals surface area contributed by atoms with Crippen LogP contribution in [0.4, 0.5) is 0 Å². The Morgan fingerprint density at radius 2 is 1.12 bits per heavy atom. The quantitative estimate of drug-likeness (QED) is 0.0496. The molecule has 2 aromatic rings. The van der Waals surface area contributed by atoms with Crippen molar-refractivity contribution < 1.29 is 87.4 Å². The zero-order chi connectivity index (χ0) is 44.2. The molecule has 26 nitrogen and oxygen atoms in total. The summed E-state index contributed by atoms with van der Waals surface area (Å²) in [5, 5.41) is 71.5. The van der Waals surface area contributed by atoms with Crippen LogP contribution in [-0.4, -0.2) is 135 Å². The first-order valence-electron chi connectivity index (χ1n) is 17.0. The predicted octanol–water partition coefficient (Wildman–Crippen LogP) is 0.181. The lowest BCUT2D eigenvalue weighted by molar-refractivity contribution is -0.479. The molecule has 0 spiro atoms. The molecule has 0 aromatic heterocycles. The number of hydrogen-bond acceptors (Lipinski definition) is 22. The van der Waals surface area contributed by atoms with Crippen LogP contribution >= 0.6 is 0 Å². The molecule has 0 saturated carbocycles. The molecule has 26 heteroatoms. The zero-order valence-corrected chi connectivity index (χ0v) is 30.9. The number of hydrogen-bond donors (Lipinski definition) is 3. The van der Waals surface area contributed by atoms with Crippen LogP contribution in [0.1, 0.15) is 41.6 Å². The summed E-state index contributed by atoms with van der Waals surface area (Å²) in [6, 6.07) is 11.1. The number of esters is 4. The highest BCUT2D eigenvalue weighted by molar-refractivity contribution is 6.00. The number of ketones is 1. The van der Waals surface area contributed by atoms with Crippen molar-refractivity contribution in [3.8, 4) is 17.2 Å². The minimum Gasteiger partial charge on any atom is -0.508 e. The molecule has 0 amide bonds. The Morgan fingerprint density at radius 3 is 1.58 bits per heavy atom. The van der Waals surface area contributed by atoms with Crippen LogP contribution in [0.3, 0.4) is 0 Å². The summed E-state index contributed by atoms with van der Waals surface area (Å²) < 4.78 is 30.1. The second-order valence-corrected chi connectivity index (χ2v) is 12.0. The van der Waals surface area contributed by atoms with E-state index in [1.54, 1.807) is 31.4 Å². The molecule has 0 bridgehead atoms. The highest BCUT2D eigenvalue weighted by atomic mass is 16.7. The molecular weight excluding hydrogens is 804 g/mol. The summed E-state index contributed by atoms with van der Waals surface area (Å²) in [6.07, 6.45) is -13.0. The van der Waals surface area contributed by atoms with E-state index >= 15 is 0 Å². The van der Waals surface area contributed by atoms with Crippen molar-refractivity contribution in [2.24, 2.45) is 0 Å². The Bertz CT molecular complexity index is 1840. The number of phenolic OH excluding ortho intramolecular Hbond substituents is 2. The minimum atomic E-state index is -2.22. The van der Waals surface area contributed by atoms with Gasteiger partial charge in [0.2, 0.25) is 26.2 Å². The number of carbonyl (C=O) groups excluding carboxylic acids is 5. The Kier molecular flexibility index (Phi) is 19.4. The Labute approximate surface area is 331 Å². The van der Waals surface area contributed by atoms with Gasteiger partial charge < -0.3 is 43.7 Å². The molecule has 59 heavy (non-hydrogen) atoms. The maximum atomic E-state index is 12.3. The van der Waals surface area contributed by atoms with Crippen LogP contribution in [0.15, 0.2) is 42.5 Å². The molecule has 3 rings (SSSR count). The summed E-state index contributed by atoms with van der Waals surface area (Å²) in [4.78, 5) is 99.3. The van der Waals surface area contributed by atoms with Crippen molar-refractivity contribution in [3.05, 3.63) is 94.0 Å². The van der Waals surface area contributed by atoms with Crippen molar-refractivity contribution in [3.63, 3.8) is 0 Å². The number of Topliss-reactive ketones (excluding diaryl/α,β-unsaturated/α-hetero) is 1. The van der Waals surface area contributed by atoms with Crippen LogP contribution in [0.5, 0.6) is 17.2 Å². The predicted molar refractivity (Wildman–Crippen MR) is 188 cm³/mol. The summed E-state index contributed by atoms with van der Waals surface area (Å²) in [5.41, 5.74) is 1.03. The summed E-state index contributed by atoms with van der Waals surface area (Å²) in [5.74, 6) is -4.82. The van der Waals surface area contributed by atoms with Gasteiger partial charge in [-0.15, -0.1) is 0 Å². The average Bonchev–Trinajstić information content (AvgIpc) is 3.16. The van der Waals surface area contributed by atoms with Gasteiger partial charge in [-0.05, 0) is 29.8 Å². The van der Waals surface area contributed by atoms with Gasteiger partial charge >= 0.3 is 23.9 Å². The second kappa shape index (κ2) is 23.9. The number of nitro groups is 4. The first-order chi connectivity index (χ1) is 27.8. The highest BCUT2D eigenvalue weighted by Crippen LogP contribution is 2.29. The lowest BCUT2D eigenvalue weighted by atomic mass is 9.98. The van der Waals surface area contributed by atoms with Crippen molar-refractivity contribution in [1.29, 1.82) is 0 Å². The molecule has 2 aromatic carbocycles. The van der Waals surface area contributed by atoms with Crippen LogP contribution in [0.25, 0.3) is 0 Å². The normalized spacial score (nSPS) is 18.1. The standard InChI is InChI=1S/C18H24N4O18.C15H14O4/c23-11(1-5-19(28)29)36-9-10-15(38-12(24)2-6-20(30)31)16(39-13(25)3-7-21(32)33)17(18(27)37-10)40-14(26)4-8-22(34)35;1-19-12-5-2-10(3-6-12)8-14(17)13-7-4-11(16)9-15(13)18/h10,15-18,27H,1-9H2;2-7,9,16,18H,8H2,1H3. The average molecular weight is 843 g/mol. The van der Waals surface area contributed by atoms with Gasteiger partial charge in [0, 0.05) is 32.2 Å². The summed E-state index contributed by atoms with van der Waals surface area (Å²) >= 11 is 0. The largest absolute Gasteiger partial charge is 0.508 e. The van der Waals surface area contributed by atoms with Gasteiger partial charge in [0.1, 0.15) is 55.6 Å². The fourth-order valence-corrected chi connectivity index (χ4v) is 4.82. The van der Waals surface area contributed by atoms with E-state index in [1.165, 1.54) is 12.1 Å². The van der Waals surface area contributed by atoms with Gasteiger partial charge in [-0.1, -0.05) is 12.1 Å². The summed E-state index contributed by atoms with van der Waals surface area (Å²) in [6.45, 7) is -4.46. The van der Waals surface area contributed by atoms with Crippen LogP contribution in [0, 0.1) is 40.5 Å². The van der Waals surface area contributed by atoms with Crippen LogP contribution in [0.2, 0.25) is 0 Å². The number of aliphatic hydroxyl groups excluding tert-OH is 1. The Balaban J connectivity index is 0.000000521. The fraction of sp³-hybridized carbons (Fsp3) is 0.485. The van der Waals surface area contributed by atoms with Crippen molar-refractivity contribution >= 4 is 29.7 Å². The maximum Gasteiger partial charge on any atom is 0.313 e. The van der Waals surface area contributed by atoms with E-state index in [0.29, 0.717) is 0 Å². The molecule has 1 fully saturated rings. The Morgan fingerprint density at radius 1 is 0.661 bits per heavy atom. The zero-order valence-electron chi connectivity index (χ0n) is 30.9. The van der Waals surface area contributed by atoms with E-state index < -0.39 is 133 Å². The molecule has 0 aliphatic carbocycles. The van der Waals surface area contributed by atoms with Crippen LogP contribution in [-0.2, 0) is 49.3 Å². The molecule has 1 aliphatic rings. The number of nitrogens with zero attached hydrogens (tertiary/aromatic N) is 4. The third-order valence-corrected chi connectivity index (χ3v) is 7.62. The van der Waals surface area contributed by atoms with E-state index in [2.05, 4.69) is 0 Å². The van der Waals surface area contributed by atoms with E-state index in [9.17, 15) is 79.7 Å². The first-order valence-corrected chi connectivity index (χ1v) is 17.0. The van der Waals surface area contributed by atoms with Crippen molar-refractivity contribution in [2.75, 3.05) is 39.9 Å². The number of benzene rings is 2. The highest BCUT2D eigenvalue weighted by Gasteiger charge is 2.52. The number of phenols is 2. The third-order valence-electron chi connectivity index (χ3n) is 7.62. The molecule has 3 N–H and O–H groups in total. The number of methoxy groups -OCH3 is 1. The lowest BCUT2D eigenvalue weighted by Gasteiger charge is -2.42. The van der Waals surface area contributed by atoms with E-state index in [4.69, 9.17) is 28.4 Å². The molecule has 1 saturated heterocycles. The van der Waals surface area contributed by atoms with Gasteiger partial charge in [0.25, 0.3) is 0 Å². The van der Waals surface area contributed by atoms with Gasteiger partial charge in [0.05, 0.1) is 12.7 Å². The number of aromatic hydroxyl groups is 2. The smallest absolute Gasteiger partial charge is 0.313 e. The Hall–Kier alpha value is -7.09. The SMILES string of the molecule is COc1ccc(CC(=O)c2ccc(O)cc2O)cc1.O=C(CC[N+](=O)[O-])OCC1OC(O)C(OC(=O)CC[N+](=O)[O-])C(OC(=O)CC[N+](=O)[O-])C1OC(=O)CC[N+](=O)[O-]. The first kappa shape index (κ1) is 48.1. The topological polar surface area (TPSA) is 374 Å². The number of ether oxygens (including phenoxy) is 6. The molecule has 5 unspecified atom stereocenters. The number of carbonyl (C=O) groups is 5. The van der Waals surface area contributed by atoms with Crippen LogP contribution < -0.4 is 4.74 Å². The monoisotopic (exact) mass is 842 g/mol. The fourth-order valence-electron chi connectivity index (χ4n) is 4.82. The van der Waals surface area contributed by atoms with Gasteiger partial charge in [-0.25, -0.2) is 0 Å². The van der Waals surface area contributed by atoms with E-state index in [-0.39, 0.29) is 29.3 Å². The third kappa shape index (κ3) is 17.7. The number of aliphatic hydroxyl groups is 1. The molecule has 5 atom stereocenters.